The number of halogens is 1. The van der Waals surface area contributed by atoms with E-state index in [2.05, 4.69) is 5.32 Å². The molecule has 3 aromatic rings. The Hall–Kier alpha value is -3.36. The van der Waals surface area contributed by atoms with E-state index in [1.807, 2.05) is 51.1 Å². The van der Waals surface area contributed by atoms with Gasteiger partial charge in [-0.2, -0.15) is 0 Å². The normalized spacial score (nSPS) is 12.2. The second kappa shape index (κ2) is 13.8. The Labute approximate surface area is 243 Å². The molecule has 3 aromatic carbocycles. The largest absolute Gasteiger partial charge is 0.354 e. The molecule has 214 valence electrons. The second-order valence-electron chi connectivity index (χ2n) is 10.3. The lowest BCUT2D eigenvalue weighted by atomic mass is 10.1. The van der Waals surface area contributed by atoms with Gasteiger partial charge in [-0.3, -0.25) is 13.9 Å². The molecule has 9 heteroatoms. The zero-order valence-electron chi connectivity index (χ0n) is 23.7. The summed E-state index contributed by atoms with van der Waals surface area (Å²) in [5.41, 5.74) is 2.76. The van der Waals surface area contributed by atoms with Crippen LogP contribution in [0.15, 0.2) is 77.7 Å². The number of carbonyl (C=O) groups is 2. The molecule has 0 aromatic heterocycles. The quantitative estimate of drug-likeness (QED) is 0.310. The number of nitrogens with zero attached hydrogens (tertiary/aromatic N) is 2. The van der Waals surface area contributed by atoms with Gasteiger partial charge in [0.15, 0.2) is 0 Å². The highest BCUT2D eigenvalue weighted by Crippen LogP contribution is 2.31. The van der Waals surface area contributed by atoms with Crippen LogP contribution >= 0.6 is 11.6 Å². The first-order valence-corrected chi connectivity index (χ1v) is 15.2. The summed E-state index contributed by atoms with van der Waals surface area (Å²) in [6, 6.07) is 20.3. The van der Waals surface area contributed by atoms with E-state index in [1.165, 1.54) is 17.0 Å². The molecule has 40 heavy (non-hydrogen) atoms. The number of sulfonamides is 1. The Balaban J connectivity index is 2.00. The van der Waals surface area contributed by atoms with Gasteiger partial charge in [-0.05, 0) is 68.5 Å². The van der Waals surface area contributed by atoms with E-state index in [-0.39, 0.29) is 23.3 Å². The molecule has 1 N–H and O–H groups in total. The van der Waals surface area contributed by atoms with Crippen molar-refractivity contribution in [3.8, 4) is 0 Å². The van der Waals surface area contributed by atoms with Crippen LogP contribution in [-0.2, 0) is 26.0 Å². The van der Waals surface area contributed by atoms with E-state index in [9.17, 15) is 18.0 Å². The first-order chi connectivity index (χ1) is 18.9. The lowest BCUT2D eigenvalue weighted by molar-refractivity contribution is -0.138. The highest BCUT2D eigenvalue weighted by Gasteiger charge is 2.33. The summed E-state index contributed by atoms with van der Waals surface area (Å²) in [6.07, 6.45) is 0.509. The average Bonchev–Trinajstić information content (AvgIpc) is 2.92. The number of anilines is 1. The SMILES string of the molecule is Cc1ccc(S(=O)(=O)N(CC(=O)N(CCc2ccccc2)[C@H](C)C(=O)NCC(C)C)c2cccc(Cl)c2C)cc1. The molecule has 0 bridgehead atoms. The number of rotatable bonds is 12. The van der Waals surface area contributed by atoms with Crippen LogP contribution in [0.4, 0.5) is 5.69 Å². The number of hydrogen-bond donors (Lipinski definition) is 1. The van der Waals surface area contributed by atoms with E-state index in [1.54, 1.807) is 44.2 Å². The molecule has 3 rings (SSSR count). The summed E-state index contributed by atoms with van der Waals surface area (Å²) in [5.74, 6) is -0.536. The molecule has 0 saturated heterocycles. The standard InChI is InChI=1S/C31H38ClN3O4S/c1-22(2)20-33-31(37)25(5)34(19-18-26-10-7-6-8-11-26)30(36)21-35(29-13-9-12-28(32)24(29)4)40(38,39)27-16-14-23(3)15-17-27/h6-17,22,25H,18-21H2,1-5H3,(H,33,37)/t25-/m1/s1. The fourth-order valence-corrected chi connectivity index (χ4v) is 5.88. The number of nitrogens with one attached hydrogen (secondary N) is 1. The highest BCUT2D eigenvalue weighted by atomic mass is 35.5. The fraction of sp³-hybridized carbons (Fsp3) is 0.355. The Kier molecular flexibility index (Phi) is 10.8. The number of amides is 2. The van der Waals surface area contributed by atoms with Crippen molar-refractivity contribution in [2.75, 3.05) is 23.9 Å². The van der Waals surface area contributed by atoms with E-state index < -0.39 is 28.5 Å². The minimum Gasteiger partial charge on any atom is -0.354 e. The van der Waals surface area contributed by atoms with Crippen LogP contribution in [0.5, 0.6) is 0 Å². The maximum Gasteiger partial charge on any atom is 0.264 e. The molecule has 0 saturated carbocycles. The van der Waals surface area contributed by atoms with Crippen molar-refractivity contribution in [2.24, 2.45) is 5.92 Å². The monoisotopic (exact) mass is 583 g/mol. The zero-order valence-corrected chi connectivity index (χ0v) is 25.3. The second-order valence-corrected chi connectivity index (χ2v) is 12.6. The summed E-state index contributed by atoms with van der Waals surface area (Å²) < 4.78 is 29.0. The summed E-state index contributed by atoms with van der Waals surface area (Å²) in [4.78, 5) is 28.5. The van der Waals surface area contributed by atoms with Gasteiger partial charge in [0.05, 0.1) is 10.6 Å². The molecule has 0 fully saturated rings. The molecule has 2 amide bonds. The smallest absolute Gasteiger partial charge is 0.264 e. The Bertz CT molecular complexity index is 1410. The van der Waals surface area contributed by atoms with Gasteiger partial charge in [0, 0.05) is 18.1 Å². The van der Waals surface area contributed by atoms with Gasteiger partial charge in [-0.25, -0.2) is 8.42 Å². The fourth-order valence-electron chi connectivity index (χ4n) is 4.24. The zero-order chi connectivity index (χ0) is 29.4. The topological polar surface area (TPSA) is 86.8 Å². The molecule has 0 aliphatic carbocycles. The van der Waals surface area contributed by atoms with Crippen molar-refractivity contribution < 1.29 is 18.0 Å². The van der Waals surface area contributed by atoms with Crippen LogP contribution in [0.1, 0.15) is 37.5 Å². The van der Waals surface area contributed by atoms with Gasteiger partial charge in [-0.1, -0.05) is 79.5 Å². The van der Waals surface area contributed by atoms with Gasteiger partial charge in [-0.15, -0.1) is 0 Å². The van der Waals surface area contributed by atoms with E-state index in [0.717, 1.165) is 15.4 Å². The molecule has 0 radical (unpaired) electrons. The number of hydrogen-bond acceptors (Lipinski definition) is 4. The number of carbonyl (C=O) groups excluding carboxylic acids is 2. The van der Waals surface area contributed by atoms with Gasteiger partial charge in [0.25, 0.3) is 10.0 Å². The predicted molar refractivity (Wildman–Crippen MR) is 161 cm³/mol. The van der Waals surface area contributed by atoms with Crippen molar-refractivity contribution >= 4 is 39.1 Å². The van der Waals surface area contributed by atoms with Gasteiger partial charge in [0.1, 0.15) is 12.6 Å². The van der Waals surface area contributed by atoms with Crippen LogP contribution in [-0.4, -0.2) is 50.8 Å². The predicted octanol–water partition coefficient (Wildman–Crippen LogP) is 5.38. The third-order valence-corrected chi connectivity index (χ3v) is 8.92. The molecule has 0 unspecified atom stereocenters. The molecule has 7 nitrogen and oxygen atoms in total. The maximum atomic E-state index is 14.0. The lowest BCUT2D eigenvalue weighted by Crippen LogP contribution is -2.52. The summed E-state index contributed by atoms with van der Waals surface area (Å²) >= 11 is 6.37. The Morgan fingerprint density at radius 2 is 1.55 bits per heavy atom. The van der Waals surface area contributed by atoms with Gasteiger partial charge in [0.2, 0.25) is 11.8 Å². The highest BCUT2D eigenvalue weighted by molar-refractivity contribution is 7.92. The minimum atomic E-state index is -4.15. The summed E-state index contributed by atoms with van der Waals surface area (Å²) in [5, 5.41) is 3.28. The van der Waals surface area contributed by atoms with Crippen molar-refractivity contribution in [2.45, 2.75) is 52.0 Å². The summed E-state index contributed by atoms with van der Waals surface area (Å²) in [6.45, 7) is 9.46. The van der Waals surface area contributed by atoms with E-state index in [0.29, 0.717) is 29.2 Å². The molecular formula is C31H38ClN3O4S. The third kappa shape index (κ3) is 7.86. The van der Waals surface area contributed by atoms with E-state index >= 15 is 0 Å². The molecule has 0 aliphatic rings. The molecular weight excluding hydrogens is 546 g/mol. The molecule has 0 heterocycles. The molecule has 0 spiro atoms. The van der Waals surface area contributed by atoms with Crippen molar-refractivity contribution in [1.82, 2.24) is 10.2 Å². The van der Waals surface area contributed by atoms with Crippen LogP contribution < -0.4 is 9.62 Å². The first kappa shape index (κ1) is 31.2. The number of aryl methyl sites for hydroxylation is 1. The van der Waals surface area contributed by atoms with Crippen molar-refractivity contribution in [3.63, 3.8) is 0 Å². The van der Waals surface area contributed by atoms with Gasteiger partial charge < -0.3 is 10.2 Å². The average molecular weight is 584 g/mol. The Morgan fingerprint density at radius 3 is 2.17 bits per heavy atom. The first-order valence-electron chi connectivity index (χ1n) is 13.4. The van der Waals surface area contributed by atoms with Crippen molar-refractivity contribution in [3.05, 3.63) is 94.5 Å². The third-order valence-electron chi connectivity index (χ3n) is 6.73. The Morgan fingerprint density at radius 1 is 0.900 bits per heavy atom. The van der Waals surface area contributed by atoms with Crippen molar-refractivity contribution in [1.29, 1.82) is 0 Å². The van der Waals surface area contributed by atoms with Crippen LogP contribution in [0.3, 0.4) is 0 Å². The van der Waals surface area contributed by atoms with E-state index in [4.69, 9.17) is 11.6 Å². The number of benzene rings is 3. The minimum absolute atomic E-state index is 0.0591. The van der Waals surface area contributed by atoms with Crippen LogP contribution in [0.2, 0.25) is 5.02 Å². The molecule has 1 atom stereocenters. The maximum absolute atomic E-state index is 14.0. The molecule has 0 aliphatic heterocycles. The lowest BCUT2D eigenvalue weighted by Gasteiger charge is -2.32. The van der Waals surface area contributed by atoms with Crippen LogP contribution in [0, 0.1) is 19.8 Å². The van der Waals surface area contributed by atoms with Crippen LogP contribution in [0.25, 0.3) is 0 Å². The van der Waals surface area contributed by atoms with Gasteiger partial charge >= 0.3 is 0 Å². The summed E-state index contributed by atoms with van der Waals surface area (Å²) in [7, 11) is -4.15.